The van der Waals surface area contributed by atoms with E-state index in [4.69, 9.17) is 0 Å². The third-order valence-corrected chi connectivity index (χ3v) is 5.85. The first-order valence-corrected chi connectivity index (χ1v) is 9.49. The molecule has 0 N–H and O–H groups in total. The summed E-state index contributed by atoms with van der Waals surface area (Å²) in [4.78, 5) is 0. The van der Waals surface area contributed by atoms with Crippen molar-refractivity contribution in [2.45, 2.75) is 62.7 Å². The Labute approximate surface area is 154 Å². The summed E-state index contributed by atoms with van der Waals surface area (Å²) in [6, 6.07) is 14.2. The highest BCUT2D eigenvalue weighted by molar-refractivity contribution is 14.1. The summed E-state index contributed by atoms with van der Waals surface area (Å²) in [6.07, 6.45) is 0. The minimum Gasteiger partial charge on any atom is -0.0743 e. The first-order valence-electron chi connectivity index (χ1n) is 8.42. The topological polar surface area (TPSA) is 0 Å². The summed E-state index contributed by atoms with van der Waals surface area (Å²) < 4.78 is 0.154. The summed E-state index contributed by atoms with van der Waals surface area (Å²) in [7, 11) is 0. The van der Waals surface area contributed by atoms with Gasteiger partial charge in [0.2, 0.25) is 0 Å². The van der Waals surface area contributed by atoms with Crippen molar-refractivity contribution in [3.8, 4) is 11.1 Å². The summed E-state index contributed by atoms with van der Waals surface area (Å²) in [5.41, 5.74) is 8.88. The molecule has 0 saturated heterocycles. The molecule has 0 saturated carbocycles. The fraction of sp³-hybridized carbons (Fsp3) is 0.455. The Morgan fingerprint density at radius 2 is 1.17 bits per heavy atom. The van der Waals surface area contributed by atoms with Crippen LogP contribution in [-0.2, 0) is 14.3 Å². The van der Waals surface area contributed by atoms with Gasteiger partial charge in [0, 0.05) is 8.84 Å². The number of benzene rings is 2. The predicted octanol–water partition coefficient (Wildman–Crippen LogP) is 6.96. The second kappa shape index (κ2) is 5.08. The van der Waals surface area contributed by atoms with E-state index in [2.05, 4.69) is 107 Å². The number of hydrogen-bond acceptors (Lipinski definition) is 0. The van der Waals surface area contributed by atoms with E-state index in [0.717, 1.165) is 0 Å². The fourth-order valence-electron chi connectivity index (χ4n) is 3.61. The lowest BCUT2D eigenvalue weighted by atomic mass is 9.80. The van der Waals surface area contributed by atoms with Crippen LogP contribution < -0.4 is 0 Å². The van der Waals surface area contributed by atoms with E-state index in [0.29, 0.717) is 0 Å². The fourth-order valence-corrected chi connectivity index (χ4v) is 3.94. The van der Waals surface area contributed by atoms with Crippen molar-refractivity contribution in [2.24, 2.45) is 0 Å². The van der Waals surface area contributed by atoms with E-state index in [1.165, 1.54) is 33.4 Å². The minimum absolute atomic E-state index is 0.0923. The van der Waals surface area contributed by atoms with E-state index in [1.807, 2.05) is 0 Å². The normalized spacial score (nSPS) is 16.2. The molecule has 2 aromatic carbocycles. The van der Waals surface area contributed by atoms with Crippen molar-refractivity contribution in [1.82, 2.24) is 0 Å². The monoisotopic (exact) mass is 418 g/mol. The second-order valence-electron chi connectivity index (χ2n) is 8.87. The van der Waals surface area contributed by atoms with Crippen molar-refractivity contribution >= 4 is 22.6 Å². The molecule has 0 unspecified atom stereocenters. The van der Waals surface area contributed by atoms with Crippen LogP contribution in [0.3, 0.4) is 0 Å². The minimum atomic E-state index is 0.0923. The van der Waals surface area contributed by atoms with Gasteiger partial charge < -0.3 is 0 Å². The van der Waals surface area contributed by atoms with E-state index in [9.17, 15) is 0 Å². The molecule has 1 aliphatic carbocycles. The first kappa shape index (κ1) is 17.0. The molecular weight excluding hydrogens is 391 g/mol. The van der Waals surface area contributed by atoms with Crippen LogP contribution in [0.25, 0.3) is 11.1 Å². The van der Waals surface area contributed by atoms with Crippen LogP contribution in [0, 0.1) is 0 Å². The molecule has 0 fully saturated rings. The van der Waals surface area contributed by atoms with E-state index in [1.54, 1.807) is 0 Å². The molecule has 1 aliphatic rings. The Kier molecular flexibility index (Phi) is 3.76. The highest BCUT2D eigenvalue weighted by Gasteiger charge is 2.36. The molecule has 0 spiro atoms. The van der Waals surface area contributed by atoms with E-state index in [-0.39, 0.29) is 14.3 Å². The van der Waals surface area contributed by atoms with Gasteiger partial charge in [-0.25, -0.2) is 0 Å². The predicted molar refractivity (Wildman–Crippen MR) is 110 cm³/mol. The van der Waals surface area contributed by atoms with Crippen LogP contribution in [0.1, 0.15) is 70.7 Å². The van der Waals surface area contributed by atoms with Crippen LogP contribution >= 0.6 is 22.6 Å². The van der Waals surface area contributed by atoms with Crippen molar-refractivity contribution in [3.05, 3.63) is 58.7 Å². The number of alkyl halides is 1. The quantitative estimate of drug-likeness (QED) is 0.347. The molecule has 0 aromatic heterocycles. The van der Waals surface area contributed by atoms with Crippen molar-refractivity contribution in [2.75, 3.05) is 0 Å². The Bertz CT molecular complexity index is 702. The Balaban J connectivity index is 2.28. The van der Waals surface area contributed by atoms with Crippen molar-refractivity contribution in [3.63, 3.8) is 0 Å². The molecule has 0 heterocycles. The van der Waals surface area contributed by atoms with E-state index >= 15 is 0 Å². The molecule has 0 bridgehead atoms. The lowest BCUT2D eigenvalue weighted by Crippen LogP contribution is -2.16. The van der Waals surface area contributed by atoms with Gasteiger partial charge in [0.25, 0.3) is 0 Å². The second-order valence-corrected chi connectivity index (χ2v) is 11.6. The molecule has 122 valence electrons. The molecule has 2 aromatic rings. The van der Waals surface area contributed by atoms with Gasteiger partial charge >= 0.3 is 0 Å². The van der Waals surface area contributed by atoms with Gasteiger partial charge in [-0.05, 0) is 58.7 Å². The molecule has 0 amide bonds. The van der Waals surface area contributed by atoms with Crippen molar-refractivity contribution < 1.29 is 0 Å². The Morgan fingerprint density at radius 1 is 0.739 bits per heavy atom. The Morgan fingerprint density at radius 3 is 1.61 bits per heavy atom. The average Bonchev–Trinajstić information content (AvgIpc) is 2.65. The summed E-state index contributed by atoms with van der Waals surface area (Å²) in [5.74, 6) is 0. The molecule has 1 heteroatoms. The lowest BCUT2D eigenvalue weighted by Gasteiger charge is -2.24. The van der Waals surface area contributed by atoms with Gasteiger partial charge in [-0.3, -0.25) is 0 Å². The molecule has 3 rings (SSSR count). The lowest BCUT2D eigenvalue weighted by molar-refractivity contribution is 0.589. The van der Waals surface area contributed by atoms with Crippen LogP contribution in [0.5, 0.6) is 0 Å². The molecule has 0 nitrogen and oxygen atoms in total. The smallest absolute Gasteiger partial charge is 0.0414 e. The molecule has 0 atom stereocenters. The number of hydrogen-bond donors (Lipinski definition) is 0. The zero-order valence-corrected chi connectivity index (χ0v) is 17.5. The molecule has 0 radical (unpaired) electrons. The average molecular weight is 418 g/mol. The van der Waals surface area contributed by atoms with Crippen LogP contribution in [-0.4, -0.2) is 0 Å². The van der Waals surface area contributed by atoms with E-state index < -0.39 is 0 Å². The maximum atomic E-state index is 2.54. The molecular formula is C22H27I. The van der Waals surface area contributed by atoms with Gasteiger partial charge in [-0.15, -0.1) is 0 Å². The highest BCUT2D eigenvalue weighted by atomic mass is 127. The zero-order chi connectivity index (χ0) is 17.2. The zero-order valence-electron chi connectivity index (χ0n) is 15.3. The number of halogens is 1. The highest BCUT2D eigenvalue weighted by Crippen LogP contribution is 2.50. The number of fused-ring (bicyclic) bond motifs is 3. The van der Waals surface area contributed by atoms with Gasteiger partial charge in [-0.1, -0.05) is 87.5 Å². The summed E-state index contributed by atoms with van der Waals surface area (Å²) in [6.45, 7) is 16.1. The third kappa shape index (κ3) is 2.75. The summed E-state index contributed by atoms with van der Waals surface area (Å²) >= 11 is 2.54. The molecule has 23 heavy (non-hydrogen) atoms. The third-order valence-electron chi connectivity index (χ3n) is 5.23. The summed E-state index contributed by atoms with van der Waals surface area (Å²) in [5, 5.41) is 0. The Hall–Kier alpha value is -0.830. The standard InChI is InChI=1S/C22H27I/c1-20(2,3)14-8-10-18-16(12-14)17-13-15(22(6,7)23)9-11-19(17)21(18,4)5/h8-13H,1-7H3. The van der Waals surface area contributed by atoms with Gasteiger partial charge in [-0.2, -0.15) is 0 Å². The van der Waals surface area contributed by atoms with Gasteiger partial charge in [0.05, 0.1) is 0 Å². The maximum absolute atomic E-state index is 2.54. The van der Waals surface area contributed by atoms with Crippen LogP contribution in [0.2, 0.25) is 0 Å². The first-order chi connectivity index (χ1) is 10.4. The SMILES string of the molecule is CC(C)(C)c1ccc2c(c1)-c1cc(C(C)(C)I)ccc1C2(C)C. The van der Waals surface area contributed by atoms with Crippen molar-refractivity contribution in [1.29, 1.82) is 0 Å². The van der Waals surface area contributed by atoms with Crippen LogP contribution in [0.4, 0.5) is 0 Å². The maximum Gasteiger partial charge on any atom is 0.0414 e. The van der Waals surface area contributed by atoms with Crippen LogP contribution in [0.15, 0.2) is 36.4 Å². The molecule has 0 aliphatic heterocycles. The van der Waals surface area contributed by atoms with Gasteiger partial charge in [0.1, 0.15) is 0 Å². The van der Waals surface area contributed by atoms with Gasteiger partial charge in [0.15, 0.2) is 0 Å². The largest absolute Gasteiger partial charge is 0.0743 e. The number of rotatable bonds is 1.